The Morgan fingerprint density at radius 3 is 2.96 bits per heavy atom. The third-order valence-corrected chi connectivity index (χ3v) is 4.15. The summed E-state index contributed by atoms with van der Waals surface area (Å²) in [5.41, 5.74) is 2.67. The first-order valence-electron chi connectivity index (χ1n) is 7.33. The molecule has 0 fully saturated rings. The van der Waals surface area contributed by atoms with Crippen LogP contribution in [0.5, 0.6) is 0 Å². The van der Waals surface area contributed by atoms with Crippen LogP contribution in [0.1, 0.15) is 0 Å². The van der Waals surface area contributed by atoms with Crippen LogP contribution < -0.4 is 16.3 Å². The number of benzene rings is 1. The molecule has 1 aromatic carbocycles. The van der Waals surface area contributed by atoms with Crippen LogP contribution >= 0.6 is 11.6 Å². The molecule has 3 heterocycles. The van der Waals surface area contributed by atoms with Gasteiger partial charge in [-0.2, -0.15) is 0 Å². The average molecular weight is 339 g/mol. The predicted octanol–water partition coefficient (Wildman–Crippen LogP) is 1.68. The van der Waals surface area contributed by atoms with Gasteiger partial charge >= 0.3 is 0 Å². The second-order valence-corrected chi connectivity index (χ2v) is 5.90. The number of aromatic amines is 1. The van der Waals surface area contributed by atoms with Crippen molar-refractivity contribution in [3.8, 4) is 11.4 Å². The smallest absolute Gasteiger partial charge is 0.294 e. The highest BCUT2D eigenvalue weighted by atomic mass is 35.5. The Kier molecular flexibility index (Phi) is 3.31. The van der Waals surface area contributed by atoms with Crippen LogP contribution in [0, 0.1) is 0 Å². The maximum Gasteiger partial charge on any atom is 0.294 e. The summed E-state index contributed by atoms with van der Waals surface area (Å²) in [5, 5.41) is 4.15. The number of anilines is 1. The first-order chi connectivity index (χ1) is 11.6. The summed E-state index contributed by atoms with van der Waals surface area (Å²) in [5.74, 6) is 1.01. The molecule has 8 heteroatoms. The monoisotopic (exact) mass is 338 g/mol. The van der Waals surface area contributed by atoms with Gasteiger partial charge in [0.25, 0.3) is 5.56 Å². The average Bonchev–Trinajstić information content (AvgIpc) is 2.94. The molecular weight excluding hydrogens is 326 g/mol. The fraction of sp³-hybridized carbons (Fsp3) is 0.0625. The molecule has 2 N–H and O–H groups in total. The van der Waals surface area contributed by atoms with Gasteiger partial charge in [-0.25, -0.2) is 9.97 Å². The lowest BCUT2D eigenvalue weighted by atomic mass is 9.95. The summed E-state index contributed by atoms with van der Waals surface area (Å²) in [6.07, 6.45) is 1.52. The van der Waals surface area contributed by atoms with Crippen molar-refractivity contribution in [3.63, 3.8) is 0 Å². The minimum Gasteiger partial charge on any atom is -0.449 e. The maximum absolute atomic E-state index is 12.4. The highest BCUT2D eigenvalue weighted by molar-refractivity contribution is 6.34. The molecule has 3 aromatic heterocycles. The summed E-state index contributed by atoms with van der Waals surface area (Å²) >= 11 is 6.23. The summed E-state index contributed by atoms with van der Waals surface area (Å²) in [4.78, 5) is 23.9. The Hall–Kier alpha value is -2.80. The molecule has 4 aromatic rings. The Bertz CT molecular complexity index is 1150. The van der Waals surface area contributed by atoms with Gasteiger partial charge in [0.05, 0.1) is 5.02 Å². The van der Waals surface area contributed by atoms with E-state index in [4.69, 9.17) is 16.0 Å². The number of H-pyrrole nitrogens is 1. The summed E-state index contributed by atoms with van der Waals surface area (Å²) < 4.78 is 5.64. The fourth-order valence-corrected chi connectivity index (χ4v) is 2.84. The lowest BCUT2D eigenvalue weighted by Crippen LogP contribution is -2.09. The van der Waals surface area contributed by atoms with E-state index in [1.807, 2.05) is 26.0 Å². The van der Waals surface area contributed by atoms with Gasteiger partial charge in [0, 0.05) is 24.2 Å². The van der Waals surface area contributed by atoms with Gasteiger partial charge in [-0.3, -0.25) is 4.79 Å². The number of furan rings is 1. The fourth-order valence-electron chi connectivity index (χ4n) is 2.65. The van der Waals surface area contributed by atoms with E-state index < -0.39 is 0 Å². The zero-order valence-corrected chi connectivity index (χ0v) is 13.7. The molecule has 24 heavy (non-hydrogen) atoms. The van der Waals surface area contributed by atoms with Crippen molar-refractivity contribution in [3.05, 3.63) is 45.8 Å². The summed E-state index contributed by atoms with van der Waals surface area (Å²) in [6, 6.07) is 7.45. The van der Waals surface area contributed by atoms with Gasteiger partial charge in [-0.05, 0) is 12.1 Å². The second-order valence-electron chi connectivity index (χ2n) is 5.49. The largest absolute Gasteiger partial charge is 0.449 e. The molecule has 0 aliphatic heterocycles. The molecule has 0 radical (unpaired) electrons. The third kappa shape index (κ3) is 2.25. The minimum absolute atomic E-state index is 0.207. The minimum atomic E-state index is -0.345. The number of halogens is 1. The maximum atomic E-state index is 12.4. The molecule has 0 atom stereocenters. The quantitative estimate of drug-likeness (QED) is 0.543. The molecule has 0 aliphatic rings. The molecule has 0 bridgehead atoms. The van der Waals surface area contributed by atoms with Crippen molar-refractivity contribution < 1.29 is 4.42 Å². The molecule has 6 nitrogen and oxygen atoms in total. The van der Waals surface area contributed by atoms with Crippen LogP contribution in [-0.2, 0) is 0 Å². The van der Waals surface area contributed by atoms with Gasteiger partial charge in [0.15, 0.2) is 0 Å². The Balaban J connectivity index is 2.06. The van der Waals surface area contributed by atoms with Crippen molar-refractivity contribution in [2.75, 3.05) is 12.4 Å². The van der Waals surface area contributed by atoms with Gasteiger partial charge < -0.3 is 14.7 Å². The Morgan fingerprint density at radius 1 is 1.33 bits per heavy atom. The van der Waals surface area contributed by atoms with E-state index in [9.17, 15) is 4.79 Å². The number of nitrogens with one attached hydrogen (secondary N) is 2. The number of hydrogen-bond donors (Lipinski definition) is 2. The highest BCUT2D eigenvalue weighted by Gasteiger charge is 2.16. The highest BCUT2D eigenvalue weighted by Crippen LogP contribution is 2.29. The van der Waals surface area contributed by atoms with E-state index in [-0.39, 0.29) is 11.1 Å². The SMILES string of the molecule is Bc1ccc2oc3c(=O)[nH]c(-c4cc(NC)ncc4Cl)nc3c2c1. The standard InChI is InChI=1S/C16H12BClN4O2/c1-19-12-5-8(10(18)6-20-12)15-21-13-9-4-7(17)2-3-11(9)24-14(13)16(23)22-15/h2-6H,17H2,1H3,(H,19,20)(H,21,22,23). The van der Waals surface area contributed by atoms with Crippen LogP contribution in [0.4, 0.5) is 5.82 Å². The van der Waals surface area contributed by atoms with Crippen molar-refractivity contribution in [2.24, 2.45) is 0 Å². The van der Waals surface area contributed by atoms with Gasteiger partial charge in [-0.15, -0.1) is 0 Å². The third-order valence-electron chi connectivity index (χ3n) is 3.85. The van der Waals surface area contributed by atoms with E-state index in [0.29, 0.717) is 33.3 Å². The first-order valence-corrected chi connectivity index (χ1v) is 7.71. The normalized spacial score (nSPS) is 11.2. The molecule has 0 saturated carbocycles. The molecule has 0 saturated heterocycles. The van der Waals surface area contributed by atoms with Crippen LogP contribution in [0.25, 0.3) is 33.5 Å². The summed E-state index contributed by atoms with van der Waals surface area (Å²) in [7, 11) is 3.73. The van der Waals surface area contributed by atoms with Crippen molar-refractivity contribution in [1.82, 2.24) is 15.0 Å². The van der Waals surface area contributed by atoms with Gasteiger partial charge in [-0.1, -0.05) is 29.2 Å². The zero-order valence-electron chi connectivity index (χ0n) is 13.0. The number of fused-ring (bicyclic) bond motifs is 3. The number of aromatic nitrogens is 3. The molecule has 4 rings (SSSR count). The van der Waals surface area contributed by atoms with Crippen LogP contribution in [0.15, 0.2) is 39.7 Å². The summed E-state index contributed by atoms with van der Waals surface area (Å²) in [6.45, 7) is 0. The molecule has 0 spiro atoms. The molecule has 118 valence electrons. The Labute approximate surface area is 142 Å². The number of rotatable bonds is 2. The predicted molar refractivity (Wildman–Crippen MR) is 98.1 cm³/mol. The molecule has 0 unspecified atom stereocenters. The topological polar surface area (TPSA) is 83.8 Å². The van der Waals surface area contributed by atoms with E-state index >= 15 is 0 Å². The van der Waals surface area contributed by atoms with Crippen LogP contribution in [-0.4, -0.2) is 29.8 Å². The van der Waals surface area contributed by atoms with E-state index in [2.05, 4.69) is 20.3 Å². The lowest BCUT2D eigenvalue weighted by Gasteiger charge is -2.06. The van der Waals surface area contributed by atoms with Crippen LogP contribution in [0.3, 0.4) is 0 Å². The zero-order chi connectivity index (χ0) is 16.8. The molecule has 0 amide bonds. The number of hydrogen-bond acceptors (Lipinski definition) is 5. The van der Waals surface area contributed by atoms with Gasteiger partial charge in [0.2, 0.25) is 5.58 Å². The second kappa shape index (κ2) is 5.38. The lowest BCUT2D eigenvalue weighted by molar-refractivity contribution is 0.661. The molecule has 0 aliphatic carbocycles. The number of pyridine rings is 1. The van der Waals surface area contributed by atoms with Crippen LogP contribution in [0.2, 0.25) is 5.02 Å². The first kappa shape index (κ1) is 14.8. The van der Waals surface area contributed by atoms with E-state index in [0.717, 1.165) is 10.8 Å². The van der Waals surface area contributed by atoms with Gasteiger partial charge in [0.1, 0.15) is 30.6 Å². The van der Waals surface area contributed by atoms with E-state index in [1.165, 1.54) is 6.20 Å². The van der Waals surface area contributed by atoms with Crippen molar-refractivity contribution in [2.45, 2.75) is 0 Å². The number of nitrogens with zero attached hydrogens (tertiary/aromatic N) is 2. The Morgan fingerprint density at radius 2 is 2.17 bits per heavy atom. The molecular formula is C16H12BClN4O2. The van der Waals surface area contributed by atoms with Crippen molar-refractivity contribution >= 4 is 52.8 Å². The van der Waals surface area contributed by atoms with Crippen molar-refractivity contribution in [1.29, 1.82) is 0 Å². The van der Waals surface area contributed by atoms with E-state index in [1.54, 1.807) is 13.1 Å².